The van der Waals surface area contributed by atoms with Gasteiger partial charge in [0.2, 0.25) is 0 Å². The van der Waals surface area contributed by atoms with Crippen molar-refractivity contribution in [2.45, 2.75) is 85.0 Å². The summed E-state index contributed by atoms with van der Waals surface area (Å²) >= 11 is 0. The van der Waals surface area contributed by atoms with E-state index >= 15 is 0 Å². The summed E-state index contributed by atoms with van der Waals surface area (Å²) in [5, 5.41) is 3.63. The van der Waals surface area contributed by atoms with Gasteiger partial charge in [0.1, 0.15) is 0 Å². The molecule has 0 aromatic rings. The topological polar surface area (TPSA) is 12.0 Å². The zero-order valence-electron chi connectivity index (χ0n) is 13.1. The summed E-state index contributed by atoms with van der Waals surface area (Å²) in [6.07, 6.45) is 14.5. The van der Waals surface area contributed by atoms with Gasteiger partial charge >= 0.3 is 0 Å². The summed E-state index contributed by atoms with van der Waals surface area (Å²) in [6, 6.07) is 0. The average Bonchev–Trinajstić information content (AvgIpc) is 2.42. The minimum absolute atomic E-state index is 0.648. The van der Waals surface area contributed by atoms with E-state index < -0.39 is 0 Å². The molecule has 0 amide bonds. The fourth-order valence-corrected chi connectivity index (χ4v) is 3.53. The molecule has 1 rings (SSSR count). The van der Waals surface area contributed by atoms with E-state index in [1.807, 2.05) is 0 Å². The lowest BCUT2D eigenvalue weighted by Gasteiger charge is -2.41. The van der Waals surface area contributed by atoms with Gasteiger partial charge in [-0.3, -0.25) is 0 Å². The molecule has 1 heteroatoms. The second-order valence-electron chi connectivity index (χ2n) is 6.47. The lowest BCUT2D eigenvalue weighted by atomic mass is 9.67. The predicted molar refractivity (Wildman–Crippen MR) is 82.0 cm³/mol. The number of hydrogen-bond donors (Lipinski definition) is 1. The molecule has 0 unspecified atom stereocenters. The third-order valence-electron chi connectivity index (χ3n) is 4.94. The van der Waals surface area contributed by atoms with Gasteiger partial charge in [-0.05, 0) is 50.0 Å². The van der Waals surface area contributed by atoms with Crippen LogP contribution in [0.4, 0.5) is 0 Å². The summed E-state index contributed by atoms with van der Waals surface area (Å²) in [6.45, 7) is 9.28. The summed E-state index contributed by atoms with van der Waals surface area (Å²) in [4.78, 5) is 0. The van der Waals surface area contributed by atoms with Crippen molar-refractivity contribution in [1.29, 1.82) is 0 Å². The van der Waals surface area contributed by atoms with Gasteiger partial charge in [0.25, 0.3) is 0 Å². The highest BCUT2D eigenvalue weighted by Crippen LogP contribution is 2.43. The Morgan fingerprint density at radius 3 is 2.22 bits per heavy atom. The lowest BCUT2D eigenvalue weighted by Crippen LogP contribution is -2.37. The first-order chi connectivity index (χ1) is 8.76. The van der Waals surface area contributed by atoms with Crippen molar-refractivity contribution in [3.8, 4) is 0 Å². The van der Waals surface area contributed by atoms with E-state index in [0.717, 1.165) is 12.5 Å². The van der Waals surface area contributed by atoms with E-state index in [9.17, 15) is 0 Å². The molecule has 1 aliphatic carbocycles. The SMILES string of the molecule is CCCCC1CCC(CCCC)(CNCC)CC1. The van der Waals surface area contributed by atoms with Gasteiger partial charge in [-0.25, -0.2) is 0 Å². The third kappa shape index (κ3) is 5.30. The zero-order chi connectivity index (χ0) is 13.3. The maximum absolute atomic E-state index is 3.63. The van der Waals surface area contributed by atoms with Gasteiger partial charge < -0.3 is 5.32 Å². The van der Waals surface area contributed by atoms with Gasteiger partial charge in [0, 0.05) is 6.54 Å². The van der Waals surface area contributed by atoms with Crippen molar-refractivity contribution >= 4 is 0 Å². The van der Waals surface area contributed by atoms with Crippen molar-refractivity contribution < 1.29 is 0 Å². The smallest absolute Gasteiger partial charge is 0.000769 e. The molecular weight excluding hydrogens is 218 g/mol. The predicted octanol–water partition coefficient (Wildman–Crippen LogP) is 5.15. The molecule has 0 aromatic carbocycles. The molecule has 0 radical (unpaired) electrons. The molecule has 0 bridgehead atoms. The van der Waals surface area contributed by atoms with Crippen molar-refractivity contribution in [1.82, 2.24) is 5.32 Å². The normalized spacial score (nSPS) is 28.5. The molecule has 0 saturated heterocycles. The highest BCUT2D eigenvalue weighted by Gasteiger charge is 2.33. The van der Waals surface area contributed by atoms with E-state index in [0.29, 0.717) is 5.41 Å². The lowest BCUT2D eigenvalue weighted by molar-refractivity contribution is 0.125. The van der Waals surface area contributed by atoms with E-state index in [2.05, 4.69) is 26.1 Å². The second-order valence-corrected chi connectivity index (χ2v) is 6.47. The van der Waals surface area contributed by atoms with Gasteiger partial charge in [0.05, 0.1) is 0 Å². The number of hydrogen-bond acceptors (Lipinski definition) is 1. The molecule has 18 heavy (non-hydrogen) atoms. The maximum atomic E-state index is 3.63. The van der Waals surface area contributed by atoms with Gasteiger partial charge in [0.15, 0.2) is 0 Å². The van der Waals surface area contributed by atoms with Crippen LogP contribution in [-0.4, -0.2) is 13.1 Å². The molecule has 1 nitrogen and oxygen atoms in total. The second kappa shape index (κ2) is 8.96. The Morgan fingerprint density at radius 2 is 1.67 bits per heavy atom. The highest BCUT2D eigenvalue weighted by atomic mass is 14.9. The first-order valence-electron chi connectivity index (χ1n) is 8.47. The molecule has 0 heterocycles. The summed E-state index contributed by atoms with van der Waals surface area (Å²) in [5.41, 5.74) is 0.648. The molecule has 0 aliphatic heterocycles. The molecule has 1 N–H and O–H groups in total. The van der Waals surface area contributed by atoms with Gasteiger partial charge in [-0.15, -0.1) is 0 Å². The first kappa shape index (κ1) is 16.0. The highest BCUT2D eigenvalue weighted by molar-refractivity contribution is 4.87. The van der Waals surface area contributed by atoms with Crippen molar-refractivity contribution in [3.63, 3.8) is 0 Å². The molecule has 1 fully saturated rings. The Bertz CT molecular complexity index is 182. The Balaban J connectivity index is 2.39. The van der Waals surface area contributed by atoms with Crippen LogP contribution in [0.3, 0.4) is 0 Å². The number of rotatable bonds is 9. The molecule has 0 atom stereocenters. The Kier molecular flexibility index (Phi) is 7.97. The maximum Gasteiger partial charge on any atom is 0.000769 e. The van der Waals surface area contributed by atoms with Crippen LogP contribution in [0.25, 0.3) is 0 Å². The zero-order valence-corrected chi connectivity index (χ0v) is 13.1. The van der Waals surface area contributed by atoms with Crippen LogP contribution in [0.1, 0.15) is 85.0 Å². The quantitative estimate of drug-likeness (QED) is 0.599. The Labute approximate surface area is 115 Å². The van der Waals surface area contributed by atoms with E-state index in [1.165, 1.54) is 70.8 Å². The van der Waals surface area contributed by atoms with Gasteiger partial charge in [-0.1, -0.05) is 52.9 Å². The minimum atomic E-state index is 0.648. The summed E-state index contributed by atoms with van der Waals surface area (Å²) in [5.74, 6) is 1.04. The van der Waals surface area contributed by atoms with E-state index in [1.54, 1.807) is 0 Å². The molecule has 0 spiro atoms. The van der Waals surface area contributed by atoms with Crippen molar-refractivity contribution in [2.24, 2.45) is 11.3 Å². The molecule has 1 aliphatic rings. The fraction of sp³-hybridized carbons (Fsp3) is 1.00. The third-order valence-corrected chi connectivity index (χ3v) is 4.94. The summed E-state index contributed by atoms with van der Waals surface area (Å²) in [7, 11) is 0. The van der Waals surface area contributed by atoms with Crippen LogP contribution in [0, 0.1) is 11.3 Å². The standard InChI is InChI=1S/C17H35N/c1-4-7-9-16-10-13-17(14-11-16,12-8-5-2)15-18-6-3/h16,18H,4-15H2,1-3H3. The monoisotopic (exact) mass is 253 g/mol. The first-order valence-corrected chi connectivity index (χ1v) is 8.47. The average molecular weight is 253 g/mol. The van der Waals surface area contributed by atoms with E-state index in [4.69, 9.17) is 0 Å². The number of nitrogens with one attached hydrogen (secondary N) is 1. The van der Waals surface area contributed by atoms with Crippen LogP contribution < -0.4 is 5.32 Å². The van der Waals surface area contributed by atoms with E-state index in [-0.39, 0.29) is 0 Å². The Hall–Kier alpha value is -0.0400. The molecule has 108 valence electrons. The van der Waals surface area contributed by atoms with Crippen LogP contribution in [0.5, 0.6) is 0 Å². The van der Waals surface area contributed by atoms with Crippen LogP contribution in [-0.2, 0) is 0 Å². The fourth-order valence-electron chi connectivity index (χ4n) is 3.53. The van der Waals surface area contributed by atoms with Crippen molar-refractivity contribution in [2.75, 3.05) is 13.1 Å². The Morgan fingerprint density at radius 1 is 1.00 bits per heavy atom. The number of unbranched alkanes of at least 4 members (excludes halogenated alkanes) is 2. The summed E-state index contributed by atoms with van der Waals surface area (Å²) < 4.78 is 0. The van der Waals surface area contributed by atoms with Crippen molar-refractivity contribution in [3.05, 3.63) is 0 Å². The largest absolute Gasteiger partial charge is 0.316 e. The van der Waals surface area contributed by atoms with Gasteiger partial charge in [-0.2, -0.15) is 0 Å². The van der Waals surface area contributed by atoms with Crippen LogP contribution in [0.2, 0.25) is 0 Å². The van der Waals surface area contributed by atoms with Crippen LogP contribution >= 0.6 is 0 Å². The molecule has 1 saturated carbocycles. The molecule has 0 aromatic heterocycles. The molecular formula is C17H35N. The van der Waals surface area contributed by atoms with Crippen LogP contribution in [0.15, 0.2) is 0 Å². The minimum Gasteiger partial charge on any atom is -0.316 e.